The number of hydrogen-bond donors (Lipinski definition) is 0. The average Bonchev–Trinajstić information content (AvgIpc) is 2.41. The van der Waals surface area contributed by atoms with E-state index in [9.17, 15) is 21.6 Å². The lowest BCUT2D eigenvalue weighted by Gasteiger charge is -2.07. The highest BCUT2D eigenvalue weighted by molar-refractivity contribution is 7.87. The van der Waals surface area contributed by atoms with E-state index in [2.05, 4.69) is 9.22 Å². The minimum Gasteiger partial charge on any atom is -0.220 e. The van der Waals surface area contributed by atoms with Crippen LogP contribution in [-0.2, 0) is 25.8 Å². The Bertz CT molecular complexity index is 500. The van der Waals surface area contributed by atoms with Gasteiger partial charge in [0.1, 0.15) is 0 Å². The third kappa shape index (κ3) is 6.92. The SMILES string of the molecule is O=S(=O)(OOCCCCCCc1ccccc1)C(F)(F)F. The Kier molecular flexibility index (Phi) is 7.13. The standard InChI is InChI=1S/C13H17F3O4S/c14-13(15,16)21(17,18)20-19-11-7-2-1-4-8-12-9-5-3-6-10-12/h3,5-6,9-10H,1-2,4,7-8,11H2. The van der Waals surface area contributed by atoms with Gasteiger partial charge in [0.2, 0.25) is 0 Å². The summed E-state index contributed by atoms with van der Waals surface area (Å²) in [6.07, 6.45) is 3.92. The molecule has 0 saturated heterocycles. The van der Waals surface area contributed by atoms with Crippen LogP contribution >= 0.6 is 0 Å². The first-order valence-electron chi connectivity index (χ1n) is 6.49. The molecule has 1 aromatic rings. The lowest BCUT2D eigenvalue weighted by molar-refractivity contribution is -0.215. The van der Waals surface area contributed by atoms with Crippen molar-refractivity contribution in [2.75, 3.05) is 6.61 Å². The van der Waals surface area contributed by atoms with Crippen molar-refractivity contribution in [1.82, 2.24) is 0 Å². The second-order valence-electron chi connectivity index (χ2n) is 4.44. The molecule has 4 nitrogen and oxygen atoms in total. The summed E-state index contributed by atoms with van der Waals surface area (Å²) in [4.78, 5) is 4.08. The molecule has 8 heteroatoms. The van der Waals surface area contributed by atoms with Crippen LogP contribution in [0.4, 0.5) is 13.2 Å². The lowest BCUT2D eigenvalue weighted by atomic mass is 10.1. The Labute approximate surface area is 121 Å². The molecule has 0 aliphatic rings. The van der Waals surface area contributed by atoms with Crippen molar-refractivity contribution in [3.05, 3.63) is 35.9 Å². The largest absolute Gasteiger partial charge is 0.525 e. The van der Waals surface area contributed by atoms with E-state index < -0.39 is 15.6 Å². The quantitative estimate of drug-likeness (QED) is 0.301. The summed E-state index contributed by atoms with van der Waals surface area (Å²) in [5.41, 5.74) is -4.23. The maximum atomic E-state index is 11.9. The van der Waals surface area contributed by atoms with E-state index in [4.69, 9.17) is 0 Å². The molecule has 0 heterocycles. The van der Waals surface area contributed by atoms with Crippen LogP contribution in [0.15, 0.2) is 30.3 Å². The average molecular weight is 326 g/mol. The van der Waals surface area contributed by atoms with Crippen LogP contribution < -0.4 is 0 Å². The van der Waals surface area contributed by atoms with Crippen LogP contribution in [0, 0.1) is 0 Å². The third-order valence-corrected chi connectivity index (χ3v) is 3.55. The molecule has 120 valence electrons. The zero-order chi connectivity index (χ0) is 15.8. The summed E-state index contributed by atoms with van der Waals surface area (Å²) in [6, 6.07) is 9.91. The number of hydrogen-bond acceptors (Lipinski definition) is 4. The van der Waals surface area contributed by atoms with Gasteiger partial charge in [-0.25, -0.2) is 4.89 Å². The number of alkyl halides is 3. The molecule has 1 rings (SSSR count). The Morgan fingerprint density at radius 3 is 2.19 bits per heavy atom. The Hall–Kier alpha value is -1.12. The van der Waals surface area contributed by atoms with E-state index in [1.54, 1.807) is 0 Å². The van der Waals surface area contributed by atoms with Crippen molar-refractivity contribution in [2.24, 2.45) is 0 Å². The van der Waals surface area contributed by atoms with Crippen molar-refractivity contribution in [2.45, 2.75) is 37.6 Å². The van der Waals surface area contributed by atoms with E-state index in [-0.39, 0.29) is 6.61 Å². The summed E-state index contributed by atoms with van der Waals surface area (Å²) in [5.74, 6) is 0. The molecule has 0 aliphatic heterocycles. The van der Waals surface area contributed by atoms with Gasteiger partial charge in [0, 0.05) is 0 Å². The summed E-state index contributed by atoms with van der Waals surface area (Å²) in [5, 5.41) is 0. The zero-order valence-corrected chi connectivity index (χ0v) is 12.1. The fourth-order valence-corrected chi connectivity index (χ4v) is 1.90. The number of halogens is 3. The maximum absolute atomic E-state index is 11.9. The second-order valence-corrected chi connectivity index (χ2v) is 5.95. The van der Waals surface area contributed by atoms with Gasteiger partial charge in [-0.1, -0.05) is 47.5 Å². The van der Waals surface area contributed by atoms with Gasteiger partial charge in [-0.05, 0) is 24.8 Å². The predicted molar refractivity (Wildman–Crippen MR) is 70.6 cm³/mol. The van der Waals surface area contributed by atoms with Crippen LogP contribution in [0.5, 0.6) is 0 Å². The van der Waals surface area contributed by atoms with Crippen LogP contribution in [0.1, 0.15) is 31.2 Å². The molecule has 0 aromatic heterocycles. The fraction of sp³-hybridized carbons (Fsp3) is 0.538. The molecule has 0 spiro atoms. The monoisotopic (exact) mass is 326 g/mol. The molecule has 0 aliphatic carbocycles. The van der Waals surface area contributed by atoms with Gasteiger partial charge in [0.25, 0.3) is 0 Å². The van der Waals surface area contributed by atoms with Gasteiger partial charge in [-0.15, -0.1) is 0 Å². The van der Waals surface area contributed by atoms with Crippen molar-refractivity contribution in [3.63, 3.8) is 0 Å². The first-order valence-corrected chi connectivity index (χ1v) is 7.90. The Morgan fingerprint density at radius 2 is 1.57 bits per heavy atom. The highest BCUT2D eigenvalue weighted by Gasteiger charge is 2.48. The third-order valence-electron chi connectivity index (χ3n) is 2.71. The van der Waals surface area contributed by atoms with Gasteiger partial charge in [-0.3, -0.25) is 0 Å². The van der Waals surface area contributed by atoms with E-state index in [1.165, 1.54) is 5.56 Å². The molecule has 0 fully saturated rings. The molecule has 0 atom stereocenters. The molecule has 0 radical (unpaired) electrons. The normalized spacial score (nSPS) is 12.5. The molecule has 21 heavy (non-hydrogen) atoms. The second kappa shape index (κ2) is 8.35. The molecular weight excluding hydrogens is 309 g/mol. The first kappa shape index (κ1) is 17.9. The van der Waals surface area contributed by atoms with Gasteiger partial charge < -0.3 is 0 Å². The van der Waals surface area contributed by atoms with E-state index in [0.29, 0.717) is 6.42 Å². The van der Waals surface area contributed by atoms with E-state index in [1.807, 2.05) is 30.3 Å². The molecule has 0 amide bonds. The highest BCUT2D eigenvalue weighted by Crippen LogP contribution is 2.24. The van der Waals surface area contributed by atoms with Crippen molar-refractivity contribution >= 4 is 10.1 Å². The minimum atomic E-state index is -5.65. The molecule has 0 bridgehead atoms. The number of rotatable bonds is 9. The van der Waals surface area contributed by atoms with Crippen LogP contribution in [-0.4, -0.2) is 20.5 Å². The van der Waals surface area contributed by atoms with Gasteiger partial charge in [0.15, 0.2) is 0 Å². The minimum absolute atomic E-state index is 0.194. The summed E-state index contributed by atoms with van der Waals surface area (Å²) in [6.45, 7) is -0.194. The number of benzene rings is 1. The van der Waals surface area contributed by atoms with E-state index >= 15 is 0 Å². The van der Waals surface area contributed by atoms with Crippen molar-refractivity contribution < 1.29 is 30.8 Å². The van der Waals surface area contributed by atoms with Gasteiger partial charge >= 0.3 is 15.6 Å². The summed E-state index contributed by atoms with van der Waals surface area (Å²) in [7, 11) is -5.65. The zero-order valence-electron chi connectivity index (χ0n) is 11.3. The number of aryl methyl sites for hydroxylation is 1. The maximum Gasteiger partial charge on any atom is 0.525 e. The topological polar surface area (TPSA) is 52.6 Å². The van der Waals surface area contributed by atoms with Crippen molar-refractivity contribution in [3.8, 4) is 0 Å². The molecule has 0 saturated carbocycles. The smallest absolute Gasteiger partial charge is 0.220 e. The molecular formula is C13H17F3O4S. The van der Waals surface area contributed by atoms with Crippen LogP contribution in [0.3, 0.4) is 0 Å². The molecule has 0 N–H and O–H groups in total. The fourth-order valence-electron chi connectivity index (χ4n) is 1.62. The number of unbranched alkanes of at least 4 members (excludes halogenated alkanes) is 3. The Balaban J connectivity index is 2.03. The van der Waals surface area contributed by atoms with Crippen LogP contribution in [0.2, 0.25) is 0 Å². The van der Waals surface area contributed by atoms with Crippen LogP contribution in [0.25, 0.3) is 0 Å². The lowest BCUT2D eigenvalue weighted by Crippen LogP contribution is -2.25. The van der Waals surface area contributed by atoms with Crippen molar-refractivity contribution in [1.29, 1.82) is 0 Å². The molecule has 0 unspecified atom stereocenters. The highest BCUT2D eigenvalue weighted by atomic mass is 32.2. The van der Waals surface area contributed by atoms with Gasteiger partial charge in [-0.2, -0.15) is 21.6 Å². The van der Waals surface area contributed by atoms with E-state index in [0.717, 1.165) is 25.7 Å². The first-order chi connectivity index (χ1) is 9.83. The van der Waals surface area contributed by atoms with Gasteiger partial charge in [0.05, 0.1) is 6.61 Å². The summed E-state index contributed by atoms with van der Waals surface area (Å²) < 4.78 is 60.0. The predicted octanol–water partition coefficient (Wildman–Crippen LogP) is 3.59. The summed E-state index contributed by atoms with van der Waals surface area (Å²) >= 11 is 0. The Morgan fingerprint density at radius 1 is 0.952 bits per heavy atom. The molecule has 1 aromatic carbocycles.